The van der Waals surface area contributed by atoms with E-state index in [0.717, 1.165) is 50.3 Å². The number of aliphatic hydroxyl groups is 1. The summed E-state index contributed by atoms with van der Waals surface area (Å²) in [5.41, 5.74) is 7.43. The number of anilines is 2. The molecule has 0 saturated carbocycles. The Hall–Kier alpha value is -1.36. The summed E-state index contributed by atoms with van der Waals surface area (Å²) >= 11 is 0. The van der Waals surface area contributed by atoms with Gasteiger partial charge in [-0.3, -0.25) is 0 Å². The van der Waals surface area contributed by atoms with E-state index in [1.807, 2.05) is 6.92 Å². The zero-order valence-corrected chi connectivity index (χ0v) is 12.6. The summed E-state index contributed by atoms with van der Waals surface area (Å²) in [6, 6.07) is 0. The smallest absolute Gasteiger partial charge is 0.222 e. The van der Waals surface area contributed by atoms with E-state index < -0.39 is 5.60 Å². The molecule has 2 heterocycles. The van der Waals surface area contributed by atoms with Crippen molar-refractivity contribution in [2.24, 2.45) is 5.41 Å². The molecule has 0 unspecified atom stereocenters. The second kappa shape index (κ2) is 4.32. The van der Waals surface area contributed by atoms with E-state index in [9.17, 15) is 5.11 Å². The quantitative estimate of drug-likeness (QED) is 0.813. The average molecular weight is 276 g/mol. The minimum atomic E-state index is -0.634. The van der Waals surface area contributed by atoms with E-state index in [-0.39, 0.29) is 5.41 Å². The van der Waals surface area contributed by atoms with Crippen LogP contribution in [0.3, 0.4) is 0 Å². The van der Waals surface area contributed by atoms with Crippen molar-refractivity contribution in [1.29, 1.82) is 0 Å². The highest BCUT2D eigenvalue weighted by atomic mass is 16.3. The van der Waals surface area contributed by atoms with Crippen molar-refractivity contribution in [3.8, 4) is 0 Å². The zero-order valence-electron chi connectivity index (χ0n) is 12.6. The largest absolute Gasteiger partial charge is 0.389 e. The van der Waals surface area contributed by atoms with Crippen LogP contribution in [0.5, 0.6) is 0 Å². The highest BCUT2D eigenvalue weighted by Crippen LogP contribution is 2.41. The number of hydrogen-bond donors (Lipinski definition) is 2. The van der Waals surface area contributed by atoms with Crippen molar-refractivity contribution < 1.29 is 5.11 Å². The first kappa shape index (κ1) is 13.6. The van der Waals surface area contributed by atoms with E-state index in [1.165, 1.54) is 5.56 Å². The number of nitrogens with two attached hydrogens (primary N) is 1. The predicted molar refractivity (Wildman–Crippen MR) is 79.7 cm³/mol. The summed E-state index contributed by atoms with van der Waals surface area (Å²) in [5.74, 6) is 1.37. The monoisotopic (exact) mass is 276 g/mol. The third-order valence-electron chi connectivity index (χ3n) is 5.14. The Morgan fingerprint density at radius 2 is 1.95 bits per heavy atom. The van der Waals surface area contributed by atoms with Crippen LogP contribution in [-0.2, 0) is 12.8 Å². The molecule has 1 aliphatic heterocycles. The number of hydrogen-bond acceptors (Lipinski definition) is 5. The lowest BCUT2D eigenvalue weighted by Crippen LogP contribution is -2.56. The molecule has 1 aromatic rings. The molecular formula is C15H24N4O. The molecule has 5 nitrogen and oxygen atoms in total. The summed E-state index contributed by atoms with van der Waals surface area (Å²) in [5, 5.41) is 10.5. The molecule has 1 saturated heterocycles. The molecule has 1 atom stereocenters. The molecule has 0 bridgehead atoms. The standard InChI is InChI=1S/C15H24N4O/c1-14(2)9-19(8-7-15(14,3)20)12-10-5-4-6-11(10)17-13(16)18-12/h20H,4-9H2,1-3H3,(H2,16,17,18)/t15-/m1/s1. The third-order valence-corrected chi connectivity index (χ3v) is 5.14. The molecule has 0 amide bonds. The number of nitrogen functional groups attached to an aromatic ring is 1. The van der Waals surface area contributed by atoms with Crippen LogP contribution in [-0.4, -0.2) is 33.8 Å². The highest BCUT2D eigenvalue weighted by Gasteiger charge is 2.44. The van der Waals surface area contributed by atoms with Crippen LogP contribution >= 0.6 is 0 Å². The van der Waals surface area contributed by atoms with Gasteiger partial charge in [-0.1, -0.05) is 13.8 Å². The van der Waals surface area contributed by atoms with Crippen molar-refractivity contribution in [2.45, 2.75) is 52.1 Å². The summed E-state index contributed by atoms with van der Waals surface area (Å²) in [4.78, 5) is 11.1. The van der Waals surface area contributed by atoms with Crippen LogP contribution in [0.4, 0.5) is 11.8 Å². The molecule has 3 N–H and O–H groups in total. The molecule has 0 radical (unpaired) electrons. The van der Waals surface area contributed by atoms with Crippen molar-refractivity contribution in [3.63, 3.8) is 0 Å². The number of aryl methyl sites for hydroxylation is 1. The minimum absolute atomic E-state index is 0.170. The Bertz CT molecular complexity index is 539. The molecule has 110 valence electrons. The molecule has 3 rings (SSSR count). The van der Waals surface area contributed by atoms with E-state index in [2.05, 4.69) is 28.7 Å². The van der Waals surface area contributed by atoms with Crippen molar-refractivity contribution in [3.05, 3.63) is 11.3 Å². The first-order valence-corrected chi connectivity index (χ1v) is 7.43. The van der Waals surface area contributed by atoms with Gasteiger partial charge in [-0.05, 0) is 32.6 Å². The lowest BCUT2D eigenvalue weighted by atomic mass is 9.71. The number of rotatable bonds is 1. The zero-order chi connectivity index (χ0) is 14.5. The maximum absolute atomic E-state index is 10.5. The van der Waals surface area contributed by atoms with Crippen molar-refractivity contribution in [1.82, 2.24) is 9.97 Å². The second-order valence-corrected chi connectivity index (χ2v) is 7.01. The lowest BCUT2D eigenvalue weighted by molar-refractivity contribution is -0.0650. The highest BCUT2D eigenvalue weighted by molar-refractivity contribution is 5.54. The van der Waals surface area contributed by atoms with E-state index in [0.29, 0.717) is 5.95 Å². The Labute approximate surface area is 120 Å². The van der Waals surface area contributed by atoms with Crippen LogP contribution < -0.4 is 10.6 Å². The Morgan fingerprint density at radius 3 is 2.65 bits per heavy atom. The molecule has 20 heavy (non-hydrogen) atoms. The number of nitrogens with zero attached hydrogens (tertiary/aromatic N) is 3. The maximum Gasteiger partial charge on any atom is 0.222 e. The van der Waals surface area contributed by atoms with Gasteiger partial charge in [0.2, 0.25) is 5.95 Å². The summed E-state index contributed by atoms with van der Waals surface area (Å²) in [7, 11) is 0. The maximum atomic E-state index is 10.5. The SMILES string of the molecule is CC1(C)CN(c2nc(N)nc3c2CCC3)CC[C@@]1(C)O. The first-order chi connectivity index (χ1) is 9.30. The number of fused-ring (bicyclic) bond motifs is 1. The molecule has 1 aliphatic carbocycles. The minimum Gasteiger partial charge on any atom is -0.389 e. The molecular weight excluding hydrogens is 252 g/mol. The van der Waals surface area contributed by atoms with Gasteiger partial charge in [0.15, 0.2) is 0 Å². The van der Waals surface area contributed by atoms with Gasteiger partial charge in [0.1, 0.15) is 5.82 Å². The molecule has 0 spiro atoms. The van der Waals surface area contributed by atoms with Gasteiger partial charge in [-0.25, -0.2) is 4.98 Å². The molecule has 5 heteroatoms. The Morgan fingerprint density at radius 1 is 1.20 bits per heavy atom. The summed E-state index contributed by atoms with van der Waals surface area (Å²) in [6.45, 7) is 7.78. The van der Waals surface area contributed by atoms with Crippen LogP contribution in [0.15, 0.2) is 0 Å². The normalized spacial score (nSPS) is 28.5. The van der Waals surface area contributed by atoms with Crippen LogP contribution in [0.25, 0.3) is 0 Å². The van der Waals surface area contributed by atoms with Gasteiger partial charge in [-0.2, -0.15) is 4.98 Å². The molecule has 1 fully saturated rings. The van der Waals surface area contributed by atoms with Crippen LogP contribution in [0.1, 0.15) is 44.9 Å². The van der Waals surface area contributed by atoms with Crippen LogP contribution in [0.2, 0.25) is 0 Å². The van der Waals surface area contributed by atoms with Crippen LogP contribution in [0, 0.1) is 5.41 Å². The van der Waals surface area contributed by atoms with Gasteiger partial charge in [0.25, 0.3) is 0 Å². The van der Waals surface area contributed by atoms with Gasteiger partial charge >= 0.3 is 0 Å². The van der Waals surface area contributed by atoms with Gasteiger partial charge in [0, 0.05) is 24.1 Å². The first-order valence-electron chi connectivity index (χ1n) is 7.43. The average Bonchev–Trinajstić information content (AvgIpc) is 2.79. The Balaban J connectivity index is 1.95. The topological polar surface area (TPSA) is 75.3 Å². The van der Waals surface area contributed by atoms with Gasteiger partial charge in [0.05, 0.1) is 11.3 Å². The second-order valence-electron chi connectivity index (χ2n) is 7.01. The fraction of sp³-hybridized carbons (Fsp3) is 0.733. The fourth-order valence-electron chi connectivity index (χ4n) is 3.29. The van der Waals surface area contributed by atoms with Gasteiger partial charge < -0.3 is 15.7 Å². The van der Waals surface area contributed by atoms with E-state index in [4.69, 9.17) is 5.73 Å². The fourth-order valence-corrected chi connectivity index (χ4v) is 3.29. The Kier molecular flexibility index (Phi) is 2.94. The van der Waals surface area contributed by atoms with E-state index >= 15 is 0 Å². The summed E-state index contributed by atoms with van der Waals surface area (Å²) < 4.78 is 0. The molecule has 2 aliphatic rings. The molecule has 0 aromatic carbocycles. The number of aromatic nitrogens is 2. The number of piperidine rings is 1. The van der Waals surface area contributed by atoms with Crippen molar-refractivity contribution >= 4 is 11.8 Å². The van der Waals surface area contributed by atoms with E-state index in [1.54, 1.807) is 0 Å². The lowest BCUT2D eigenvalue weighted by Gasteiger charge is -2.49. The van der Waals surface area contributed by atoms with Crippen molar-refractivity contribution in [2.75, 3.05) is 23.7 Å². The summed E-state index contributed by atoms with van der Waals surface area (Å²) in [6.07, 6.45) is 3.93. The third kappa shape index (κ3) is 2.04. The van der Waals surface area contributed by atoms with Gasteiger partial charge in [-0.15, -0.1) is 0 Å². The molecule has 1 aromatic heterocycles. The predicted octanol–water partition coefficient (Wildman–Crippen LogP) is 1.53.